The predicted molar refractivity (Wildman–Crippen MR) is 109 cm³/mol. The van der Waals surface area contributed by atoms with E-state index in [1.54, 1.807) is 31.3 Å². The van der Waals surface area contributed by atoms with Crippen molar-refractivity contribution in [2.45, 2.75) is 18.6 Å². The van der Waals surface area contributed by atoms with Crippen molar-refractivity contribution >= 4 is 40.1 Å². The van der Waals surface area contributed by atoms with Gasteiger partial charge >= 0.3 is 0 Å². The van der Waals surface area contributed by atoms with Gasteiger partial charge in [0.15, 0.2) is 5.17 Å². The normalized spacial score (nSPS) is 17.8. The number of thioether (sulfide) groups is 1. The average molecular weight is 401 g/mol. The Balaban J connectivity index is 1.61. The van der Waals surface area contributed by atoms with Gasteiger partial charge in [-0.2, -0.15) is 0 Å². The number of nitrogens with zero attached hydrogens (tertiary/aromatic N) is 2. The van der Waals surface area contributed by atoms with E-state index in [9.17, 15) is 14.0 Å². The zero-order chi connectivity index (χ0) is 20.1. The summed E-state index contributed by atoms with van der Waals surface area (Å²) in [7, 11) is 1.61. The number of halogens is 1. The van der Waals surface area contributed by atoms with E-state index < -0.39 is 5.25 Å². The molecule has 0 aromatic heterocycles. The van der Waals surface area contributed by atoms with Crippen molar-refractivity contribution in [1.82, 2.24) is 4.90 Å². The van der Waals surface area contributed by atoms with E-state index in [0.29, 0.717) is 23.1 Å². The molecule has 2 aromatic rings. The van der Waals surface area contributed by atoms with Crippen LogP contribution >= 0.6 is 11.8 Å². The Labute approximate surface area is 166 Å². The maximum atomic E-state index is 13.0. The number of anilines is 1. The fourth-order valence-electron chi connectivity index (χ4n) is 2.60. The Morgan fingerprint density at radius 3 is 2.54 bits per heavy atom. The molecule has 1 aliphatic heterocycles. The number of amides is 2. The van der Waals surface area contributed by atoms with Gasteiger partial charge in [0, 0.05) is 19.2 Å². The molecule has 6 nitrogen and oxygen atoms in total. The summed E-state index contributed by atoms with van der Waals surface area (Å²) in [5.41, 5.74) is 1.18. The number of benzene rings is 2. The Kier molecular flexibility index (Phi) is 6.30. The molecule has 28 heavy (non-hydrogen) atoms. The van der Waals surface area contributed by atoms with E-state index in [-0.39, 0.29) is 24.1 Å². The largest absolute Gasteiger partial charge is 0.494 e. The van der Waals surface area contributed by atoms with E-state index in [4.69, 9.17) is 4.74 Å². The second-order valence-electron chi connectivity index (χ2n) is 6.08. The maximum Gasteiger partial charge on any atom is 0.242 e. The lowest BCUT2D eigenvalue weighted by molar-refractivity contribution is -0.127. The number of hydrogen-bond donors (Lipinski definition) is 1. The third-order valence-electron chi connectivity index (χ3n) is 4.01. The van der Waals surface area contributed by atoms with E-state index in [1.165, 1.54) is 40.9 Å². The molecule has 0 saturated carbocycles. The first-order valence-electron chi connectivity index (χ1n) is 8.77. The molecule has 2 amide bonds. The summed E-state index contributed by atoms with van der Waals surface area (Å²) < 4.78 is 18.4. The lowest BCUT2D eigenvalue weighted by Crippen LogP contribution is -2.30. The number of amidine groups is 1. The molecule has 8 heteroatoms. The molecule has 0 bridgehead atoms. The number of hydrogen-bond acceptors (Lipinski definition) is 5. The molecule has 1 saturated heterocycles. The molecule has 0 unspecified atom stereocenters. The topological polar surface area (TPSA) is 71.0 Å². The zero-order valence-corrected chi connectivity index (χ0v) is 16.3. The van der Waals surface area contributed by atoms with Crippen LogP contribution in [-0.2, 0) is 9.59 Å². The first-order valence-corrected chi connectivity index (χ1v) is 9.65. The quantitative estimate of drug-likeness (QED) is 0.799. The SMILES string of the molecule is CCOc1ccc(NC(=O)C[C@H]2SC(=Nc3ccc(F)cc3)N(C)C2=O)cc1. The first kappa shape index (κ1) is 19.9. The number of aliphatic imine (C=N–C) groups is 1. The Bertz CT molecular complexity index is 885. The van der Waals surface area contributed by atoms with Gasteiger partial charge in [0.2, 0.25) is 11.8 Å². The van der Waals surface area contributed by atoms with E-state index in [0.717, 1.165) is 5.75 Å². The second-order valence-corrected chi connectivity index (χ2v) is 7.25. The molecule has 2 aromatic carbocycles. The number of carbonyl (C=O) groups is 2. The van der Waals surface area contributed by atoms with Crippen molar-refractivity contribution in [3.8, 4) is 5.75 Å². The van der Waals surface area contributed by atoms with Gasteiger partial charge in [-0.1, -0.05) is 11.8 Å². The summed E-state index contributed by atoms with van der Waals surface area (Å²) >= 11 is 1.23. The third kappa shape index (κ3) is 4.89. The van der Waals surface area contributed by atoms with E-state index in [1.807, 2.05) is 6.92 Å². The molecule has 0 aliphatic carbocycles. The van der Waals surface area contributed by atoms with Gasteiger partial charge in [-0.15, -0.1) is 0 Å². The summed E-state index contributed by atoms with van der Waals surface area (Å²) in [6.45, 7) is 2.47. The molecule has 1 atom stereocenters. The molecule has 1 N–H and O–H groups in total. The molecule has 1 aliphatic rings. The van der Waals surface area contributed by atoms with Crippen molar-refractivity contribution in [3.05, 3.63) is 54.3 Å². The monoisotopic (exact) mass is 401 g/mol. The summed E-state index contributed by atoms with van der Waals surface area (Å²) in [6.07, 6.45) is 0.0312. The van der Waals surface area contributed by atoms with Crippen LogP contribution in [0.1, 0.15) is 13.3 Å². The van der Waals surface area contributed by atoms with Gasteiger partial charge in [-0.05, 0) is 55.5 Å². The molecule has 0 spiro atoms. The van der Waals surface area contributed by atoms with Gasteiger partial charge in [0.1, 0.15) is 16.8 Å². The number of nitrogens with one attached hydrogen (secondary N) is 1. The third-order valence-corrected chi connectivity index (χ3v) is 5.24. The minimum absolute atomic E-state index is 0.0312. The highest BCUT2D eigenvalue weighted by atomic mass is 32.2. The summed E-state index contributed by atoms with van der Waals surface area (Å²) in [4.78, 5) is 30.5. The molecular weight excluding hydrogens is 381 g/mol. The highest BCUT2D eigenvalue weighted by molar-refractivity contribution is 8.15. The average Bonchev–Trinajstić information content (AvgIpc) is 2.93. The van der Waals surface area contributed by atoms with Gasteiger partial charge in [-0.3, -0.25) is 14.5 Å². The lowest BCUT2D eigenvalue weighted by atomic mass is 10.2. The summed E-state index contributed by atoms with van der Waals surface area (Å²) in [6, 6.07) is 12.7. The molecule has 1 fully saturated rings. The summed E-state index contributed by atoms with van der Waals surface area (Å²) in [5.74, 6) is -0.0688. The fourth-order valence-corrected chi connectivity index (χ4v) is 3.76. The van der Waals surface area contributed by atoms with Crippen molar-refractivity contribution in [1.29, 1.82) is 0 Å². The standard InChI is InChI=1S/C20H20FN3O3S/c1-3-27-16-10-8-14(9-11-16)22-18(25)12-17-19(26)24(2)20(28-17)23-15-6-4-13(21)5-7-15/h4-11,17H,3,12H2,1-2H3,(H,22,25)/t17-/m1/s1. The van der Waals surface area contributed by atoms with Crippen LogP contribution in [-0.4, -0.2) is 40.8 Å². The van der Waals surface area contributed by atoms with Crippen LogP contribution < -0.4 is 10.1 Å². The molecule has 1 heterocycles. The molecule has 0 radical (unpaired) electrons. The van der Waals surface area contributed by atoms with Crippen LogP contribution in [0.15, 0.2) is 53.5 Å². The van der Waals surface area contributed by atoms with Crippen molar-refractivity contribution < 1.29 is 18.7 Å². The second kappa shape index (κ2) is 8.88. The van der Waals surface area contributed by atoms with Gasteiger partial charge in [-0.25, -0.2) is 9.38 Å². The van der Waals surface area contributed by atoms with Crippen LogP contribution in [0.2, 0.25) is 0 Å². The van der Waals surface area contributed by atoms with Crippen molar-refractivity contribution in [2.75, 3.05) is 19.0 Å². The predicted octanol–water partition coefficient (Wildman–Crippen LogP) is 3.81. The Morgan fingerprint density at radius 2 is 1.89 bits per heavy atom. The van der Waals surface area contributed by atoms with E-state index >= 15 is 0 Å². The van der Waals surface area contributed by atoms with Crippen LogP contribution in [0, 0.1) is 5.82 Å². The minimum atomic E-state index is -0.549. The van der Waals surface area contributed by atoms with Crippen LogP contribution in [0.25, 0.3) is 0 Å². The van der Waals surface area contributed by atoms with Gasteiger partial charge in [0.25, 0.3) is 0 Å². The number of ether oxygens (including phenoxy) is 1. The maximum absolute atomic E-state index is 13.0. The molecule has 3 rings (SSSR count). The van der Waals surface area contributed by atoms with Gasteiger partial charge < -0.3 is 10.1 Å². The Morgan fingerprint density at radius 1 is 1.21 bits per heavy atom. The van der Waals surface area contributed by atoms with E-state index in [2.05, 4.69) is 10.3 Å². The zero-order valence-electron chi connectivity index (χ0n) is 15.5. The van der Waals surface area contributed by atoms with Crippen molar-refractivity contribution in [3.63, 3.8) is 0 Å². The first-order chi connectivity index (χ1) is 13.5. The smallest absolute Gasteiger partial charge is 0.242 e. The van der Waals surface area contributed by atoms with Crippen LogP contribution in [0.5, 0.6) is 5.75 Å². The minimum Gasteiger partial charge on any atom is -0.494 e. The Hall–Kier alpha value is -2.87. The number of rotatable bonds is 6. The van der Waals surface area contributed by atoms with Crippen molar-refractivity contribution in [2.24, 2.45) is 4.99 Å². The van der Waals surface area contributed by atoms with Gasteiger partial charge in [0.05, 0.1) is 12.3 Å². The number of carbonyl (C=O) groups excluding carboxylic acids is 2. The molecule has 146 valence electrons. The highest BCUT2D eigenvalue weighted by Gasteiger charge is 2.37. The summed E-state index contributed by atoms with van der Waals surface area (Å²) in [5, 5.41) is 2.72. The molecular formula is C20H20FN3O3S. The fraction of sp³-hybridized carbons (Fsp3) is 0.250. The lowest BCUT2D eigenvalue weighted by Gasteiger charge is -2.10. The van der Waals surface area contributed by atoms with Crippen LogP contribution in [0.3, 0.4) is 0 Å². The highest BCUT2D eigenvalue weighted by Crippen LogP contribution is 2.31. The van der Waals surface area contributed by atoms with Crippen LogP contribution in [0.4, 0.5) is 15.8 Å².